The highest BCUT2D eigenvalue weighted by Crippen LogP contribution is 2.21. The van der Waals surface area contributed by atoms with Crippen molar-refractivity contribution in [1.29, 1.82) is 0 Å². The zero-order valence-electron chi connectivity index (χ0n) is 11.1. The molecule has 1 aliphatic rings. The maximum atomic E-state index is 13.5. The fourth-order valence-electron chi connectivity index (χ4n) is 2.22. The molecule has 1 atom stereocenters. The number of halogens is 1. The first-order valence-electron chi connectivity index (χ1n) is 6.55. The zero-order valence-corrected chi connectivity index (χ0v) is 11.1. The molecular formula is C14H13FN4O2. The standard InChI is InChI=1S/C14H13FN4O2/c15-11-7-16-3-1-13(11)21-10-2-6-19(9-10)14(20)12-8-17-4-5-18-12/h1,3-5,7-8,10H,2,6,9H2. The number of carbonyl (C=O) groups is 1. The van der Waals surface area contributed by atoms with Crippen molar-refractivity contribution in [3.05, 3.63) is 48.6 Å². The van der Waals surface area contributed by atoms with Gasteiger partial charge in [-0.05, 0) is 0 Å². The van der Waals surface area contributed by atoms with Crippen LogP contribution in [0.15, 0.2) is 37.1 Å². The molecule has 1 saturated heterocycles. The SMILES string of the molecule is O=C(c1cnccn1)N1CCC(Oc2ccncc2F)C1. The van der Waals surface area contributed by atoms with Crippen molar-refractivity contribution in [3.8, 4) is 5.75 Å². The summed E-state index contributed by atoms with van der Waals surface area (Å²) in [6.07, 6.45) is 7.40. The smallest absolute Gasteiger partial charge is 0.274 e. The average molecular weight is 288 g/mol. The number of rotatable bonds is 3. The number of hydrogen-bond acceptors (Lipinski definition) is 5. The summed E-state index contributed by atoms with van der Waals surface area (Å²) in [4.78, 5) is 25.4. The normalized spacial score (nSPS) is 17.8. The van der Waals surface area contributed by atoms with Crippen LogP contribution in [0.25, 0.3) is 0 Å². The summed E-state index contributed by atoms with van der Waals surface area (Å²) in [6.45, 7) is 0.948. The van der Waals surface area contributed by atoms with E-state index in [9.17, 15) is 9.18 Å². The van der Waals surface area contributed by atoms with Gasteiger partial charge < -0.3 is 9.64 Å². The Kier molecular flexibility index (Phi) is 3.72. The molecule has 0 aliphatic carbocycles. The van der Waals surface area contributed by atoms with Crippen LogP contribution in [-0.2, 0) is 0 Å². The second-order valence-electron chi connectivity index (χ2n) is 4.68. The zero-order chi connectivity index (χ0) is 14.7. The summed E-state index contributed by atoms with van der Waals surface area (Å²) in [6, 6.07) is 1.47. The lowest BCUT2D eigenvalue weighted by atomic mass is 10.3. The second-order valence-corrected chi connectivity index (χ2v) is 4.68. The van der Waals surface area contributed by atoms with Crippen molar-refractivity contribution >= 4 is 5.91 Å². The van der Waals surface area contributed by atoms with E-state index < -0.39 is 5.82 Å². The highest BCUT2D eigenvalue weighted by Gasteiger charge is 2.29. The number of nitrogens with zero attached hydrogens (tertiary/aromatic N) is 4. The molecule has 3 rings (SSSR count). The van der Waals surface area contributed by atoms with E-state index in [2.05, 4.69) is 15.0 Å². The lowest BCUT2D eigenvalue weighted by Gasteiger charge is -2.16. The molecule has 3 heterocycles. The van der Waals surface area contributed by atoms with Crippen LogP contribution >= 0.6 is 0 Å². The maximum absolute atomic E-state index is 13.5. The number of ether oxygens (including phenoxy) is 1. The van der Waals surface area contributed by atoms with Crippen molar-refractivity contribution in [3.63, 3.8) is 0 Å². The molecule has 2 aromatic rings. The summed E-state index contributed by atoms with van der Waals surface area (Å²) in [5, 5.41) is 0. The van der Waals surface area contributed by atoms with Crippen LogP contribution < -0.4 is 4.74 Å². The number of carbonyl (C=O) groups excluding carboxylic acids is 1. The molecule has 1 fully saturated rings. The molecule has 21 heavy (non-hydrogen) atoms. The molecule has 0 N–H and O–H groups in total. The molecule has 0 radical (unpaired) electrons. The molecular weight excluding hydrogens is 275 g/mol. The molecule has 0 spiro atoms. The van der Waals surface area contributed by atoms with E-state index in [0.29, 0.717) is 25.2 Å². The Hall–Kier alpha value is -2.57. The quantitative estimate of drug-likeness (QED) is 0.851. The summed E-state index contributed by atoms with van der Waals surface area (Å²) in [7, 11) is 0. The third-order valence-electron chi connectivity index (χ3n) is 3.24. The highest BCUT2D eigenvalue weighted by molar-refractivity contribution is 5.92. The molecule has 6 nitrogen and oxygen atoms in total. The largest absolute Gasteiger partial charge is 0.485 e. The molecule has 0 aromatic carbocycles. The van der Waals surface area contributed by atoms with Gasteiger partial charge >= 0.3 is 0 Å². The number of aromatic nitrogens is 3. The number of amides is 1. The molecule has 0 bridgehead atoms. The van der Waals surface area contributed by atoms with Crippen molar-refractivity contribution in [2.45, 2.75) is 12.5 Å². The van der Waals surface area contributed by atoms with Crippen LogP contribution in [0.1, 0.15) is 16.9 Å². The number of likely N-dealkylation sites (tertiary alicyclic amines) is 1. The summed E-state index contributed by atoms with van der Waals surface area (Å²) in [5.41, 5.74) is 0.299. The summed E-state index contributed by atoms with van der Waals surface area (Å²) in [5.74, 6) is -0.538. The van der Waals surface area contributed by atoms with Crippen LogP contribution in [0.2, 0.25) is 0 Å². The third kappa shape index (κ3) is 2.96. The van der Waals surface area contributed by atoms with Crippen molar-refractivity contribution < 1.29 is 13.9 Å². The van der Waals surface area contributed by atoms with Gasteiger partial charge in [0.15, 0.2) is 11.6 Å². The number of pyridine rings is 1. The second kappa shape index (κ2) is 5.82. The molecule has 1 amide bonds. The predicted molar refractivity (Wildman–Crippen MR) is 71.2 cm³/mol. The minimum absolute atomic E-state index is 0.156. The van der Waals surface area contributed by atoms with E-state index in [4.69, 9.17) is 4.74 Å². The first-order chi connectivity index (χ1) is 10.2. The molecule has 2 aromatic heterocycles. The summed E-state index contributed by atoms with van der Waals surface area (Å²) >= 11 is 0. The van der Waals surface area contributed by atoms with Crippen LogP contribution in [0.5, 0.6) is 5.75 Å². The fourth-order valence-corrected chi connectivity index (χ4v) is 2.22. The van der Waals surface area contributed by atoms with Crippen LogP contribution in [0.3, 0.4) is 0 Å². The first-order valence-corrected chi connectivity index (χ1v) is 6.55. The van der Waals surface area contributed by atoms with Gasteiger partial charge in [0, 0.05) is 37.6 Å². The molecule has 7 heteroatoms. The highest BCUT2D eigenvalue weighted by atomic mass is 19.1. The molecule has 0 saturated carbocycles. The Balaban J connectivity index is 1.63. The third-order valence-corrected chi connectivity index (χ3v) is 3.24. The minimum atomic E-state index is -0.504. The Labute approximate surface area is 120 Å². The number of hydrogen-bond donors (Lipinski definition) is 0. The van der Waals surface area contributed by atoms with Gasteiger partial charge in [0.05, 0.1) is 18.9 Å². The summed E-state index contributed by atoms with van der Waals surface area (Å²) < 4.78 is 19.1. The Morgan fingerprint density at radius 1 is 1.29 bits per heavy atom. The topological polar surface area (TPSA) is 68.2 Å². The van der Waals surface area contributed by atoms with Gasteiger partial charge in [0.2, 0.25) is 0 Å². The lowest BCUT2D eigenvalue weighted by molar-refractivity contribution is 0.0765. The van der Waals surface area contributed by atoms with E-state index in [1.54, 1.807) is 4.90 Å². The lowest BCUT2D eigenvalue weighted by Crippen LogP contribution is -2.31. The van der Waals surface area contributed by atoms with Gasteiger partial charge in [-0.3, -0.25) is 14.8 Å². The monoisotopic (exact) mass is 288 g/mol. The molecule has 1 unspecified atom stereocenters. The molecule has 108 valence electrons. The average Bonchev–Trinajstić information content (AvgIpc) is 2.98. The van der Waals surface area contributed by atoms with Crippen LogP contribution in [0.4, 0.5) is 4.39 Å². The van der Waals surface area contributed by atoms with E-state index in [1.165, 1.54) is 30.9 Å². The van der Waals surface area contributed by atoms with E-state index in [0.717, 1.165) is 6.20 Å². The van der Waals surface area contributed by atoms with Crippen LogP contribution in [0, 0.1) is 5.82 Å². The Bertz CT molecular complexity index is 638. The van der Waals surface area contributed by atoms with Gasteiger partial charge in [0.1, 0.15) is 11.8 Å². The fraction of sp³-hybridized carbons (Fsp3) is 0.286. The van der Waals surface area contributed by atoms with Gasteiger partial charge in [-0.25, -0.2) is 9.37 Å². The van der Waals surface area contributed by atoms with Gasteiger partial charge in [0.25, 0.3) is 5.91 Å². The first kappa shape index (κ1) is 13.4. The van der Waals surface area contributed by atoms with Gasteiger partial charge in [-0.2, -0.15) is 0 Å². The minimum Gasteiger partial charge on any atom is -0.485 e. The predicted octanol–water partition coefficient (Wildman–Crippen LogP) is 1.30. The van der Waals surface area contributed by atoms with E-state index in [1.807, 2.05) is 0 Å². The van der Waals surface area contributed by atoms with Gasteiger partial charge in [-0.1, -0.05) is 0 Å². The van der Waals surface area contributed by atoms with Gasteiger partial charge in [-0.15, -0.1) is 0 Å². The van der Waals surface area contributed by atoms with E-state index >= 15 is 0 Å². The Morgan fingerprint density at radius 2 is 2.14 bits per heavy atom. The maximum Gasteiger partial charge on any atom is 0.274 e. The molecule has 1 aliphatic heterocycles. The Morgan fingerprint density at radius 3 is 2.90 bits per heavy atom. The van der Waals surface area contributed by atoms with E-state index in [-0.39, 0.29) is 17.8 Å². The van der Waals surface area contributed by atoms with Crippen molar-refractivity contribution in [2.75, 3.05) is 13.1 Å². The van der Waals surface area contributed by atoms with Crippen molar-refractivity contribution in [2.24, 2.45) is 0 Å². The van der Waals surface area contributed by atoms with Crippen molar-refractivity contribution in [1.82, 2.24) is 19.9 Å². The van der Waals surface area contributed by atoms with Crippen LogP contribution in [-0.4, -0.2) is 45.0 Å².